The smallest absolute Gasteiger partial charge is 0.0221 e. The van der Waals surface area contributed by atoms with Gasteiger partial charge in [0.2, 0.25) is 0 Å². The Labute approximate surface area is 101 Å². The molecule has 2 heteroatoms. The molecule has 2 rings (SSSR count). The molecule has 0 amide bonds. The van der Waals surface area contributed by atoms with E-state index in [9.17, 15) is 0 Å². The summed E-state index contributed by atoms with van der Waals surface area (Å²) in [5.41, 5.74) is 0. The van der Waals surface area contributed by atoms with Crippen LogP contribution in [0.1, 0.15) is 52.4 Å². The van der Waals surface area contributed by atoms with Crippen LogP contribution in [0.5, 0.6) is 0 Å². The molecule has 1 aliphatic carbocycles. The van der Waals surface area contributed by atoms with E-state index in [2.05, 4.69) is 24.1 Å². The summed E-state index contributed by atoms with van der Waals surface area (Å²) >= 11 is 0. The number of hydrogen-bond donors (Lipinski definition) is 1. The standard InChI is InChI=1S/C14H28N2/c1-3-13(11-15-4-2)16-10-6-8-12-7-5-9-14(12)16/h12-15H,3-11H2,1-2H3. The van der Waals surface area contributed by atoms with E-state index < -0.39 is 0 Å². The first-order valence-corrected chi connectivity index (χ1v) is 7.33. The van der Waals surface area contributed by atoms with Gasteiger partial charge in [-0.15, -0.1) is 0 Å². The van der Waals surface area contributed by atoms with Gasteiger partial charge in [0.05, 0.1) is 0 Å². The molecular formula is C14H28N2. The molecule has 0 spiro atoms. The van der Waals surface area contributed by atoms with Gasteiger partial charge in [-0.3, -0.25) is 4.90 Å². The molecule has 1 aliphatic heterocycles. The molecule has 2 aliphatic rings. The molecule has 94 valence electrons. The van der Waals surface area contributed by atoms with Crippen LogP contribution in [0.15, 0.2) is 0 Å². The SMILES string of the molecule is CCNCC(CC)N1CCCC2CCCC21. The molecule has 0 aromatic rings. The lowest BCUT2D eigenvalue weighted by atomic mass is 9.90. The fourth-order valence-corrected chi connectivity index (χ4v) is 3.75. The van der Waals surface area contributed by atoms with E-state index in [0.29, 0.717) is 0 Å². The lowest BCUT2D eigenvalue weighted by Crippen LogP contribution is -2.51. The van der Waals surface area contributed by atoms with E-state index in [4.69, 9.17) is 0 Å². The maximum atomic E-state index is 3.53. The number of fused-ring (bicyclic) bond motifs is 1. The van der Waals surface area contributed by atoms with Crippen LogP contribution in [0.3, 0.4) is 0 Å². The van der Waals surface area contributed by atoms with Gasteiger partial charge in [0.25, 0.3) is 0 Å². The molecule has 0 radical (unpaired) electrons. The minimum absolute atomic E-state index is 0.783. The normalized spacial score (nSPS) is 32.6. The van der Waals surface area contributed by atoms with E-state index in [1.54, 1.807) is 0 Å². The Hall–Kier alpha value is -0.0800. The highest BCUT2D eigenvalue weighted by Crippen LogP contribution is 2.37. The van der Waals surface area contributed by atoms with Gasteiger partial charge >= 0.3 is 0 Å². The molecule has 2 nitrogen and oxygen atoms in total. The van der Waals surface area contributed by atoms with Crippen molar-refractivity contribution in [2.75, 3.05) is 19.6 Å². The van der Waals surface area contributed by atoms with Gasteiger partial charge in [0.1, 0.15) is 0 Å². The van der Waals surface area contributed by atoms with Crippen LogP contribution in [0.2, 0.25) is 0 Å². The topological polar surface area (TPSA) is 15.3 Å². The summed E-state index contributed by atoms with van der Waals surface area (Å²) in [5.74, 6) is 1.03. The Kier molecular flexibility index (Phi) is 4.66. The molecule has 1 saturated heterocycles. The van der Waals surface area contributed by atoms with Crippen LogP contribution in [0.25, 0.3) is 0 Å². The molecule has 0 bridgehead atoms. The Balaban J connectivity index is 1.94. The van der Waals surface area contributed by atoms with Crippen molar-refractivity contribution in [3.05, 3.63) is 0 Å². The quantitative estimate of drug-likeness (QED) is 0.772. The average molecular weight is 224 g/mol. The Morgan fingerprint density at radius 3 is 2.75 bits per heavy atom. The molecule has 0 aromatic heterocycles. The molecule has 3 atom stereocenters. The fraction of sp³-hybridized carbons (Fsp3) is 1.00. The molecule has 16 heavy (non-hydrogen) atoms. The number of nitrogens with one attached hydrogen (secondary N) is 1. The average Bonchev–Trinajstić information content (AvgIpc) is 2.78. The van der Waals surface area contributed by atoms with Crippen molar-refractivity contribution >= 4 is 0 Å². The van der Waals surface area contributed by atoms with Gasteiger partial charge in [-0.05, 0) is 51.1 Å². The monoisotopic (exact) mass is 224 g/mol. The largest absolute Gasteiger partial charge is 0.315 e. The van der Waals surface area contributed by atoms with Crippen molar-refractivity contribution in [1.29, 1.82) is 0 Å². The van der Waals surface area contributed by atoms with Crippen molar-refractivity contribution in [3.63, 3.8) is 0 Å². The van der Waals surface area contributed by atoms with Gasteiger partial charge in [0, 0.05) is 18.6 Å². The summed E-state index contributed by atoms with van der Waals surface area (Å²) in [6.07, 6.45) is 8.67. The van der Waals surface area contributed by atoms with Gasteiger partial charge in [-0.1, -0.05) is 20.3 Å². The van der Waals surface area contributed by atoms with Crippen LogP contribution in [0, 0.1) is 5.92 Å². The molecule has 1 heterocycles. The van der Waals surface area contributed by atoms with Crippen LogP contribution >= 0.6 is 0 Å². The van der Waals surface area contributed by atoms with Crippen molar-refractivity contribution < 1.29 is 0 Å². The molecular weight excluding hydrogens is 196 g/mol. The fourth-order valence-electron chi connectivity index (χ4n) is 3.75. The van der Waals surface area contributed by atoms with Crippen molar-refractivity contribution in [1.82, 2.24) is 10.2 Å². The highest BCUT2D eigenvalue weighted by molar-refractivity contribution is 4.92. The molecule has 2 fully saturated rings. The van der Waals surface area contributed by atoms with Crippen LogP contribution in [-0.4, -0.2) is 36.6 Å². The number of piperidine rings is 1. The first-order chi connectivity index (χ1) is 7.86. The third-order valence-electron chi connectivity index (χ3n) is 4.61. The number of likely N-dealkylation sites (N-methyl/N-ethyl adjacent to an activating group) is 1. The summed E-state index contributed by atoms with van der Waals surface area (Å²) in [4.78, 5) is 2.84. The van der Waals surface area contributed by atoms with E-state index >= 15 is 0 Å². The minimum atomic E-state index is 0.783. The van der Waals surface area contributed by atoms with Crippen LogP contribution in [-0.2, 0) is 0 Å². The van der Waals surface area contributed by atoms with Gasteiger partial charge in [0.15, 0.2) is 0 Å². The first kappa shape index (κ1) is 12.4. The number of likely N-dealkylation sites (tertiary alicyclic amines) is 1. The lowest BCUT2D eigenvalue weighted by molar-refractivity contribution is 0.0651. The molecule has 1 saturated carbocycles. The lowest BCUT2D eigenvalue weighted by Gasteiger charge is -2.42. The van der Waals surface area contributed by atoms with Gasteiger partial charge in [-0.2, -0.15) is 0 Å². The highest BCUT2D eigenvalue weighted by atomic mass is 15.2. The predicted molar refractivity (Wildman–Crippen MR) is 69.7 cm³/mol. The summed E-state index contributed by atoms with van der Waals surface area (Å²) in [6.45, 7) is 8.21. The Bertz CT molecular complexity index is 205. The summed E-state index contributed by atoms with van der Waals surface area (Å²) in [5, 5.41) is 3.53. The summed E-state index contributed by atoms with van der Waals surface area (Å²) in [7, 11) is 0. The maximum Gasteiger partial charge on any atom is 0.0221 e. The Morgan fingerprint density at radius 2 is 2.00 bits per heavy atom. The highest BCUT2D eigenvalue weighted by Gasteiger charge is 2.37. The predicted octanol–water partition coefficient (Wildman–Crippen LogP) is 2.64. The third kappa shape index (κ3) is 2.60. The van der Waals surface area contributed by atoms with Crippen molar-refractivity contribution in [2.45, 2.75) is 64.5 Å². The second kappa shape index (κ2) is 6.02. The molecule has 3 unspecified atom stereocenters. The number of hydrogen-bond acceptors (Lipinski definition) is 2. The maximum absolute atomic E-state index is 3.53. The van der Waals surface area contributed by atoms with E-state index in [0.717, 1.165) is 24.5 Å². The van der Waals surface area contributed by atoms with E-state index in [1.807, 2.05) is 0 Å². The van der Waals surface area contributed by atoms with Crippen molar-refractivity contribution in [2.24, 2.45) is 5.92 Å². The summed E-state index contributed by atoms with van der Waals surface area (Å²) in [6, 6.07) is 1.71. The first-order valence-electron chi connectivity index (χ1n) is 7.33. The molecule has 0 aromatic carbocycles. The second-order valence-electron chi connectivity index (χ2n) is 5.51. The van der Waals surface area contributed by atoms with E-state index in [-0.39, 0.29) is 0 Å². The molecule has 1 N–H and O–H groups in total. The van der Waals surface area contributed by atoms with Gasteiger partial charge in [-0.25, -0.2) is 0 Å². The van der Waals surface area contributed by atoms with Crippen molar-refractivity contribution in [3.8, 4) is 0 Å². The van der Waals surface area contributed by atoms with Crippen LogP contribution in [0.4, 0.5) is 0 Å². The summed E-state index contributed by atoms with van der Waals surface area (Å²) < 4.78 is 0. The number of nitrogens with zero attached hydrogens (tertiary/aromatic N) is 1. The minimum Gasteiger partial charge on any atom is -0.315 e. The zero-order valence-corrected chi connectivity index (χ0v) is 11.0. The van der Waals surface area contributed by atoms with E-state index in [1.165, 1.54) is 51.6 Å². The number of rotatable bonds is 5. The zero-order chi connectivity index (χ0) is 11.4. The second-order valence-corrected chi connectivity index (χ2v) is 5.51. The van der Waals surface area contributed by atoms with Crippen LogP contribution < -0.4 is 5.32 Å². The third-order valence-corrected chi connectivity index (χ3v) is 4.61. The Morgan fingerprint density at radius 1 is 1.19 bits per heavy atom. The zero-order valence-electron chi connectivity index (χ0n) is 11.0. The van der Waals surface area contributed by atoms with Gasteiger partial charge < -0.3 is 5.32 Å².